The molecule has 2 aromatic rings. The Morgan fingerprint density at radius 3 is 2.20 bits per heavy atom. The lowest BCUT2D eigenvalue weighted by Crippen LogP contribution is -2.47. The van der Waals surface area contributed by atoms with E-state index in [1.807, 2.05) is 6.92 Å². The summed E-state index contributed by atoms with van der Waals surface area (Å²) in [5.41, 5.74) is 1.33. The molecule has 1 aliphatic rings. The Balaban J connectivity index is 1.72. The molecule has 5 nitrogen and oxygen atoms in total. The summed E-state index contributed by atoms with van der Waals surface area (Å²) in [4.78, 5) is 26.4. The van der Waals surface area contributed by atoms with Crippen LogP contribution in [0.4, 0.5) is 16.2 Å². The molecule has 0 spiro atoms. The second kappa shape index (κ2) is 7.33. The van der Waals surface area contributed by atoms with E-state index in [1.54, 1.807) is 53.4 Å². The second-order valence-electron chi connectivity index (χ2n) is 5.94. The van der Waals surface area contributed by atoms with Gasteiger partial charge in [0.2, 0.25) is 5.91 Å². The van der Waals surface area contributed by atoms with E-state index in [9.17, 15) is 9.59 Å². The van der Waals surface area contributed by atoms with Crippen molar-refractivity contribution in [1.29, 1.82) is 0 Å². The number of amides is 3. The average molecular weight is 378 g/mol. The van der Waals surface area contributed by atoms with Gasteiger partial charge in [-0.3, -0.25) is 9.69 Å². The lowest BCUT2D eigenvalue weighted by molar-refractivity contribution is -0.120. The smallest absolute Gasteiger partial charge is 0.317 e. The normalized spacial score (nSPS) is 19.8. The maximum atomic E-state index is 12.5. The minimum absolute atomic E-state index is 0.0286. The molecule has 1 heterocycles. The van der Waals surface area contributed by atoms with Gasteiger partial charge in [0.1, 0.15) is 6.17 Å². The maximum absolute atomic E-state index is 12.5. The van der Waals surface area contributed by atoms with Crippen molar-refractivity contribution in [1.82, 2.24) is 5.32 Å². The van der Waals surface area contributed by atoms with Crippen LogP contribution in [0, 0.1) is 5.92 Å². The Morgan fingerprint density at radius 1 is 1.04 bits per heavy atom. The van der Waals surface area contributed by atoms with Gasteiger partial charge >= 0.3 is 6.03 Å². The Morgan fingerprint density at radius 2 is 1.60 bits per heavy atom. The minimum atomic E-state index is -0.420. The topological polar surface area (TPSA) is 61.4 Å². The fourth-order valence-corrected chi connectivity index (χ4v) is 3.07. The van der Waals surface area contributed by atoms with Crippen LogP contribution in [-0.4, -0.2) is 18.1 Å². The van der Waals surface area contributed by atoms with E-state index in [2.05, 4.69) is 10.6 Å². The molecule has 0 bridgehead atoms. The third kappa shape index (κ3) is 4.06. The van der Waals surface area contributed by atoms with Gasteiger partial charge in [-0.05, 0) is 55.0 Å². The highest BCUT2D eigenvalue weighted by atomic mass is 35.5. The Labute approximate surface area is 155 Å². The second-order valence-corrected chi connectivity index (χ2v) is 6.82. The molecule has 3 rings (SSSR count). The van der Waals surface area contributed by atoms with E-state index < -0.39 is 6.17 Å². The quantitative estimate of drug-likeness (QED) is 0.825. The molecule has 130 valence electrons. The van der Waals surface area contributed by atoms with Crippen LogP contribution in [0.1, 0.15) is 13.3 Å². The number of carbonyl (C=O) groups excluding carboxylic acids is 2. The molecule has 2 N–H and O–H groups in total. The monoisotopic (exact) mass is 377 g/mol. The minimum Gasteiger partial charge on any atom is -0.317 e. The highest BCUT2D eigenvalue weighted by Crippen LogP contribution is 2.30. The fraction of sp³-hybridized carbons (Fsp3) is 0.222. The van der Waals surface area contributed by atoms with Crippen molar-refractivity contribution in [2.45, 2.75) is 19.5 Å². The van der Waals surface area contributed by atoms with Gasteiger partial charge in [-0.1, -0.05) is 30.1 Å². The summed E-state index contributed by atoms with van der Waals surface area (Å²) in [7, 11) is 0. The molecule has 0 radical (unpaired) electrons. The summed E-state index contributed by atoms with van der Waals surface area (Å²) < 4.78 is 0. The molecule has 25 heavy (non-hydrogen) atoms. The number of anilines is 2. The van der Waals surface area contributed by atoms with Crippen LogP contribution in [0.5, 0.6) is 0 Å². The first-order valence-electron chi connectivity index (χ1n) is 7.86. The van der Waals surface area contributed by atoms with Gasteiger partial charge in [-0.25, -0.2) is 4.79 Å². The molecular formula is C18H17Cl2N3O2. The van der Waals surface area contributed by atoms with Crippen molar-refractivity contribution in [3.05, 3.63) is 58.6 Å². The molecule has 0 unspecified atom stereocenters. The van der Waals surface area contributed by atoms with Crippen LogP contribution in [0.2, 0.25) is 10.0 Å². The van der Waals surface area contributed by atoms with Crippen molar-refractivity contribution in [2.24, 2.45) is 5.92 Å². The third-order valence-corrected chi connectivity index (χ3v) is 4.56. The number of nitrogens with one attached hydrogen (secondary N) is 2. The molecule has 2 aromatic carbocycles. The van der Waals surface area contributed by atoms with E-state index in [-0.39, 0.29) is 17.9 Å². The number of halogens is 2. The van der Waals surface area contributed by atoms with E-state index in [1.165, 1.54) is 0 Å². The van der Waals surface area contributed by atoms with Crippen molar-refractivity contribution in [3.63, 3.8) is 0 Å². The largest absolute Gasteiger partial charge is 0.320 e. The number of urea groups is 1. The van der Waals surface area contributed by atoms with Gasteiger partial charge in [-0.2, -0.15) is 0 Å². The summed E-state index contributed by atoms with van der Waals surface area (Å²) in [6, 6.07) is 13.4. The van der Waals surface area contributed by atoms with Crippen molar-refractivity contribution < 1.29 is 9.59 Å². The molecule has 2 atom stereocenters. The standard InChI is InChI=1S/C18H17Cl2N3O2/c1-11-10-16(22-18(25)21-14-6-2-12(19)3-7-14)23(17(11)24)15-8-4-13(20)5-9-15/h2-9,11,16H,10H2,1H3,(H2,21,22,25)/t11-,16-/m0/s1. The highest BCUT2D eigenvalue weighted by molar-refractivity contribution is 6.31. The Kier molecular flexibility index (Phi) is 5.16. The number of carbonyl (C=O) groups is 2. The lowest BCUT2D eigenvalue weighted by Gasteiger charge is -2.25. The van der Waals surface area contributed by atoms with Crippen LogP contribution in [0.15, 0.2) is 48.5 Å². The van der Waals surface area contributed by atoms with Crippen LogP contribution >= 0.6 is 23.2 Å². The number of benzene rings is 2. The van der Waals surface area contributed by atoms with Gasteiger partial charge in [0.05, 0.1) is 0 Å². The zero-order valence-corrected chi connectivity index (χ0v) is 15.0. The van der Waals surface area contributed by atoms with Gasteiger partial charge in [0.25, 0.3) is 0 Å². The molecule has 1 aliphatic heterocycles. The zero-order valence-electron chi connectivity index (χ0n) is 13.5. The highest BCUT2D eigenvalue weighted by Gasteiger charge is 2.38. The van der Waals surface area contributed by atoms with Gasteiger partial charge in [0.15, 0.2) is 0 Å². The number of nitrogens with zero attached hydrogens (tertiary/aromatic N) is 1. The predicted molar refractivity (Wildman–Crippen MR) is 100 cm³/mol. The van der Waals surface area contributed by atoms with Crippen LogP contribution in [0.25, 0.3) is 0 Å². The van der Waals surface area contributed by atoms with Crippen LogP contribution < -0.4 is 15.5 Å². The van der Waals surface area contributed by atoms with Crippen LogP contribution in [-0.2, 0) is 4.79 Å². The summed E-state index contributed by atoms with van der Waals surface area (Å²) in [6.07, 6.45) is 0.117. The lowest BCUT2D eigenvalue weighted by atomic mass is 10.1. The molecule has 1 fully saturated rings. The average Bonchev–Trinajstić information content (AvgIpc) is 2.85. The summed E-state index contributed by atoms with van der Waals surface area (Å²) in [5.74, 6) is -0.198. The van der Waals surface area contributed by atoms with Crippen molar-refractivity contribution in [2.75, 3.05) is 10.2 Å². The van der Waals surface area contributed by atoms with E-state index >= 15 is 0 Å². The first-order chi connectivity index (χ1) is 11.9. The molecule has 7 heteroatoms. The summed E-state index contributed by atoms with van der Waals surface area (Å²) in [5, 5.41) is 6.78. The Hall–Kier alpha value is -2.24. The fourth-order valence-electron chi connectivity index (χ4n) is 2.82. The van der Waals surface area contributed by atoms with Crippen LogP contribution in [0.3, 0.4) is 0 Å². The third-order valence-electron chi connectivity index (χ3n) is 4.05. The predicted octanol–water partition coefficient (Wildman–Crippen LogP) is 4.51. The van der Waals surface area contributed by atoms with E-state index in [4.69, 9.17) is 23.2 Å². The van der Waals surface area contributed by atoms with Crippen molar-refractivity contribution in [3.8, 4) is 0 Å². The first kappa shape index (κ1) is 17.6. The van der Waals surface area contributed by atoms with E-state index in [0.29, 0.717) is 27.8 Å². The molecule has 1 saturated heterocycles. The molecular weight excluding hydrogens is 361 g/mol. The van der Waals surface area contributed by atoms with Gasteiger partial charge < -0.3 is 10.6 Å². The van der Waals surface area contributed by atoms with Crippen molar-refractivity contribution >= 4 is 46.5 Å². The van der Waals surface area contributed by atoms with Gasteiger partial charge in [-0.15, -0.1) is 0 Å². The van der Waals surface area contributed by atoms with E-state index in [0.717, 1.165) is 0 Å². The number of rotatable bonds is 3. The SMILES string of the molecule is C[C@H]1C[C@@H](NC(=O)Nc2ccc(Cl)cc2)N(c2ccc(Cl)cc2)C1=O. The van der Waals surface area contributed by atoms with Gasteiger partial charge in [0, 0.05) is 27.3 Å². The molecule has 0 saturated carbocycles. The maximum Gasteiger partial charge on any atom is 0.320 e. The first-order valence-corrected chi connectivity index (χ1v) is 8.61. The zero-order chi connectivity index (χ0) is 18.0. The number of hydrogen-bond donors (Lipinski definition) is 2. The molecule has 0 aromatic heterocycles. The summed E-state index contributed by atoms with van der Waals surface area (Å²) >= 11 is 11.7. The number of hydrogen-bond acceptors (Lipinski definition) is 2. The Bertz CT molecular complexity index is 778. The molecule has 0 aliphatic carbocycles. The summed E-state index contributed by atoms with van der Waals surface area (Å²) in [6.45, 7) is 1.85. The molecule has 3 amide bonds.